The summed E-state index contributed by atoms with van der Waals surface area (Å²) < 4.78 is 17.0. The highest BCUT2D eigenvalue weighted by molar-refractivity contribution is 7.27. The molecule has 0 saturated carbocycles. The molecule has 44 heavy (non-hydrogen) atoms. The SMILES string of the molecule is c1cncc(-c2cc(-c3ccco3)c3sc4ccc5c(-c6cccnc6)cc(-c6ccco6)c6sc7ccc2c3c7-c4c56)c1. The number of rotatable bonds is 4. The summed E-state index contributed by atoms with van der Waals surface area (Å²) in [7, 11) is 0. The van der Waals surface area contributed by atoms with Crippen LogP contribution in [0.4, 0.5) is 0 Å². The van der Waals surface area contributed by atoms with E-state index in [1.54, 1.807) is 12.5 Å². The Morgan fingerprint density at radius 2 is 1.00 bits per heavy atom. The maximum absolute atomic E-state index is 6.04. The van der Waals surface area contributed by atoms with Gasteiger partial charge in [0.25, 0.3) is 0 Å². The van der Waals surface area contributed by atoms with Gasteiger partial charge >= 0.3 is 0 Å². The normalized spacial score (nSPS) is 12.1. The fourth-order valence-corrected chi connectivity index (χ4v) is 9.27. The standard InChI is InChI=1S/C38H20N2O2S2/c1-5-21(19-39-13-1)25-17-27(29-7-3-15-41-29)37-33-23(25)9-11-31-35(33)36-32(43-37)12-10-24-26(22-6-2-14-40-20-22)18-28(30-8-4-16-42-30)38(44-31)34(24)36/h1-20H. The molecule has 4 aromatic carbocycles. The minimum absolute atomic E-state index is 0.865. The third-order valence-corrected chi connectivity index (χ3v) is 11.0. The number of hydrogen-bond donors (Lipinski definition) is 0. The van der Waals surface area contributed by atoms with Gasteiger partial charge in [0.2, 0.25) is 0 Å². The van der Waals surface area contributed by atoms with Gasteiger partial charge in [-0.1, -0.05) is 24.3 Å². The molecule has 0 atom stereocenters. The lowest BCUT2D eigenvalue weighted by Crippen LogP contribution is -1.96. The highest BCUT2D eigenvalue weighted by Gasteiger charge is 2.28. The van der Waals surface area contributed by atoms with Crippen LogP contribution in [-0.2, 0) is 0 Å². The molecule has 6 heteroatoms. The Morgan fingerprint density at radius 3 is 1.41 bits per heavy atom. The van der Waals surface area contributed by atoms with Crippen LogP contribution in [0.1, 0.15) is 0 Å². The summed E-state index contributed by atoms with van der Waals surface area (Å²) in [6, 6.07) is 30.0. The number of nitrogens with zero attached hydrogens (tertiary/aromatic N) is 2. The topological polar surface area (TPSA) is 52.1 Å². The van der Waals surface area contributed by atoms with Gasteiger partial charge in [0.1, 0.15) is 11.5 Å². The van der Waals surface area contributed by atoms with Crippen LogP contribution in [0.15, 0.2) is 131 Å². The quantitative estimate of drug-likeness (QED) is 0.149. The van der Waals surface area contributed by atoms with Crippen molar-refractivity contribution in [3.63, 3.8) is 0 Å². The summed E-state index contributed by atoms with van der Waals surface area (Å²) in [6.45, 7) is 0. The minimum Gasteiger partial charge on any atom is -0.464 e. The van der Waals surface area contributed by atoms with Crippen LogP contribution in [-0.4, -0.2) is 9.97 Å². The Labute approximate surface area is 259 Å². The van der Waals surface area contributed by atoms with Crippen molar-refractivity contribution in [2.24, 2.45) is 0 Å². The summed E-state index contributed by atoms with van der Waals surface area (Å²) in [6.07, 6.45) is 11.1. The number of hydrogen-bond acceptors (Lipinski definition) is 6. The second kappa shape index (κ2) is 9.10. The summed E-state index contributed by atoms with van der Waals surface area (Å²) in [5.74, 6) is 1.73. The van der Waals surface area contributed by atoms with E-state index in [1.165, 1.54) is 51.5 Å². The molecule has 2 aliphatic heterocycles. The third-order valence-electron chi connectivity index (χ3n) is 8.63. The van der Waals surface area contributed by atoms with Crippen LogP contribution in [0.25, 0.3) is 96.4 Å². The van der Waals surface area contributed by atoms with E-state index in [9.17, 15) is 0 Å². The van der Waals surface area contributed by atoms with Gasteiger partial charge in [0, 0.05) is 87.7 Å². The lowest BCUT2D eigenvalue weighted by atomic mass is 9.86. The first kappa shape index (κ1) is 24.2. The highest BCUT2D eigenvalue weighted by Crippen LogP contribution is 2.56. The van der Waals surface area contributed by atoms with Crippen molar-refractivity contribution >= 4 is 63.0 Å². The largest absolute Gasteiger partial charge is 0.464 e. The molecule has 2 aliphatic rings. The van der Waals surface area contributed by atoms with Gasteiger partial charge in [0.05, 0.1) is 12.5 Å². The van der Waals surface area contributed by atoms with Crippen molar-refractivity contribution in [3.05, 3.63) is 122 Å². The summed E-state index contributed by atoms with van der Waals surface area (Å²) in [5.41, 5.74) is 9.26. The van der Waals surface area contributed by atoms with Crippen LogP contribution in [0, 0.1) is 0 Å². The maximum Gasteiger partial charge on any atom is 0.135 e. The lowest BCUT2D eigenvalue weighted by molar-refractivity contribution is 0.583. The molecule has 0 spiro atoms. The molecule has 0 saturated heterocycles. The number of aromatic nitrogens is 2. The summed E-state index contributed by atoms with van der Waals surface area (Å²) in [5, 5.41) is 4.97. The van der Waals surface area contributed by atoms with Gasteiger partial charge in [-0.25, -0.2) is 0 Å². The lowest BCUT2D eigenvalue weighted by Gasteiger charge is -2.24. The Morgan fingerprint density at radius 1 is 0.500 bits per heavy atom. The number of benzene rings is 4. The van der Waals surface area contributed by atoms with Crippen molar-refractivity contribution in [2.45, 2.75) is 0 Å². The smallest absolute Gasteiger partial charge is 0.135 e. The molecule has 0 N–H and O–H groups in total. The van der Waals surface area contributed by atoms with Gasteiger partial charge in [0.15, 0.2) is 0 Å². The van der Waals surface area contributed by atoms with E-state index in [0.29, 0.717) is 0 Å². The van der Waals surface area contributed by atoms with Gasteiger partial charge in [-0.3, -0.25) is 9.97 Å². The predicted molar refractivity (Wildman–Crippen MR) is 182 cm³/mol. The molecule has 0 unspecified atom stereocenters. The highest BCUT2D eigenvalue weighted by atomic mass is 32.1. The zero-order chi connectivity index (χ0) is 28.8. The van der Waals surface area contributed by atoms with E-state index in [1.807, 2.05) is 71.7 Å². The van der Waals surface area contributed by atoms with E-state index in [2.05, 4.69) is 70.6 Å². The molecule has 4 nitrogen and oxygen atoms in total. The molecule has 4 aromatic heterocycles. The zero-order valence-electron chi connectivity index (χ0n) is 23.1. The Bertz CT molecular complexity index is 2400. The van der Waals surface area contributed by atoms with Crippen LogP contribution in [0.5, 0.6) is 0 Å². The van der Waals surface area contributed by atoms with Crippen LogP contribution < -0.4 is 0 Å². The van der Waals surface area contributed by atoms with Crippen molar-refractivity contribution in [1.29, 1.82) is 0 Å². The second-order valence-corrected chi connectivity index (χ2v) is 13.1. The molecular weight excluding hydrogens is 581 g/mol. The van der Waals surface area contributed by atoms with Crippen LogP contribution in [0.3, 0.4) is 0 Å². The number of pyridine rings is 2. The molecule has 206 valence electrons. The van der Waals surface area contributed by atoms with Gasteiger partial charge in [-0.2, -0.15) is 0 Å². The molecule has 0 bridgehead atoms. The number of furan rings is 2. The molecule has 10 rings (SSSR count). The molecule has 0 fully saturated rings. The Balaban J connectivity index is 1.43. The van der Waals surface area contributed by atoms with E-state index < -0.39 is 0 Å². The van der Waals surface area contributed by atoms with Gasteiger partial charge < -0.3 is 8.83 Å². The fraction of sp³-hybridized carbons (Fsp3) is 0. The molecule has 0 radical (unpaired) electrons. The van der Waals surface area contributed by atoms with E-state index in [-0.39, 0.29) is 0 Å². The monoisotopic (exact) mass is 600 g/mol. The van der Waals surface area contributed by atoms with Crippen molar-refractivity contribution in [1.82, 2.24) is 9.97 Å². The predicted octanol–water partition coefficient (Wildman–Crippen LogP) is 11.6. The summed E-state index contributed by atoms with van der Waals surface area (Å²) in [4.78, 5) is 8.94. The summed E-state index contributed by atoms with van der Waals surface area (Å²) >= 11 is 3.68. The Kier molecular flexibility index (Phi) is 5.00. The third kappa shape index (κ3) is 3.32. The fourth-order valence-electron chi connectivity index (χ4n) is 6.78. The minimum atomic E-state index is 0.865. The Hall–Kier alpha value is -5.30. The first-order chi connectivity index (χ1) is 21.8. The maximum atomic E-state index is 6.04. The van der Waals surface area contributed by atoms with Crippen molar-refractivity contribution in [2.75, 3.05) is 0 Å². The molecule has 6 heterocycles. The zero-order valence-corrected chi connectivity index (χ0v) is 24.7. The van der Waals surface area contributed by atoms with Gasteiger partial charge in [-0.15, -0.1) is 22.7 Å². The molecular formula is C38H20N2O2S2. The molecule has 0 amide bonds. The average molecular weight is 601 g/mol. The van der Waals surface area contributed by atoms with Crippen LogP contribution >= 0.6 is 22.7 Å². The first-order valence-electron chi connectivity index (χ1n) is 14.4. The van der Waals surface area contributed by atoms with Crippen LogP contribution in [0.2, 0.25) is 0 Å². The molecule has 8 aromatic rings. The molecule has 0 aliphatic carbocycles. The first-order valence-corrected chi connectivity index (χ1v) is 16.0. The van der Waals surface area contributed by atoms with E-state index >= 15 is 0 Å². The van der Waals surface area contributed by atoms with Crippen molar-refractivity contribution in [3.8, 4) is 56.0 Å². The van der Waals surface area contributed by atoms with Crippen molar-refractivity contribution < 1.29 is 8.83 Å². The van der Waals surface area contributed by atoms with E-state index in [4.69, 9.17) is 8.83 Å². The second-order valence-electron chi connectivity index (χ2n) is 11.0. The van der Waals surface area contributed by atoms with Gasteiger partial charge in [-0.05, 0) is 82.6 Å². The van der Waals surface area contributed by atoms with E-state index in [0.717, 1.165) is 44.9 Å². The average Bonchev–Trinajstić information content (AvgIpc) is 3.82.